The van der Waals surface area contributed by atoms with Crippen molar-refractivity contribution in [1.82, 2.24) is 5.43 Å². The fourth-order valence-corrected chi connectivity index (χ4v) is 2.18. The van der Waals surface area contributed by atoms with Crippen LogP contribution in [0.15, 0.2) is 34.9 Å². The van der Waals surface area contributed by atoms with Gasteiger partial charge in [0.15, 0.2) is 0 Å². The van der Waals surface area contributed by atoms with Crippen LogP contribution in [0.5, 0.6) is 0 Å². The molecule has 0 bridgehead atoms. The Balaban J connectivity index is 2.20. The molecule has 18 heavy (non-hydrogen) atoms. The van der Waals surface area contributed by atoms with Gasteiger partial charge in [-0.2, -0.15) is 0 Å². The van der Waals surface area contributed by atoms with Crippen molar-refractivity contribution in [1.29, 1.82) is 0 Å². The molecule has 1 aromatic carbocycles. The molecule has 0 spiro atoms. The quantitative estimate of drug-likeness (QED) is 0.642. The minimum absolute atomic E-state index is 0.0888. The highest BCUT2D eigenvalue weighted by molar-refractivity contribution is 5.32. The molecule has 3 heteroatoms. The molecule has 3 N–H and O–H groups in total. The van der Waals surface area contributed by atoms with E-state index in [0.717, 1.165) is 17.7 Å². The van der Waals surface area contributed by atoms with Crippen molar-refractivity contribution in [3.05, 3.63) is 58.5 Å². The number of aryl methyl sites for hydroxylation is 3. The van der Waals surface area contributed by atoms with Crippen molar-refractivity contribution in [2.45, 2.75) is 33.2 Å². The summed E-state index contributed by atoms with van der Waals surface area (Å²) in [6.07, 6.45) is 2.56. The lowest BCUT2D eigenvalue weighted by Gasteiger charge is -2.16. The maximum atomic E-state index is 5.66. The Kier molecular flexibility index (Phi) is 3.84. The molecule has 0 amide bonds. The van der Waals surface area contributed by atoms with Crippen LogP contribution in [-0.2, 0) is 6.42 Å². The topological polar surface area (TPSA) is 51.2 Å². The van der Waals surface area contributed by atoms with E-state index < -0.39 is 0 Å². The van der Waals surface area contributed by atoms with Gasteiger partial charge in [-0.1, -0.05) is 18.2 Å². The Labute approximate surface area is 108 Å². The summed E-state index contributed by atoms with van der Waals surface area (Å²) in [4.78, 5) is 0. The van der Waals surface area contributed by atoms with Crippen molar-refractivity contribution in [3.63, 3.8) is 0 Å². The van der Waals surface area contributed by atoms with Crippen LogP contribution in [0.2, 0.25) is 0 Å². The standard InChI is InChI=1S/C15H20N2O/c1-10-4-5-13(8-11(10)2)9-15(17-16)14-6-7-18-12(14)3/h4-8,15,17H,9,16H2,1-3H3. The van der Waals surface area contributed by atoms with Gasteiger partial charge in [-0.15, -0.1) is 0 Å². The highest BCUT2D eigenvalue weighted by Crippen LogP contribution is 2.22. The van der Waals surface area contributed by atoms with E-state index >= 15 is 0 Å². The highest BCUT2D eigenvalue weighted by atomic mass is 16.3. The third kappa shape index (κ3) is 2.63. The predicted molar refractivity (Wildman–Crippen MR) is 73.1 cm³/mol. The van der Waals surface area contributed by atoms with E-state index in [4.69, 9.17) is 10.3 Å². The molecule has 0 aliphatic heterocycles. The van der Waals surface area contributed by atoms with E-state index in [2.05, 4.69) is 37.5 Å². The Morgan fingerprint density at radius 2 is 1.94 bits per heavy atom. The van der Waals surface area contributed by atoms with E-state index in [1.165, 1.54) is 16.7 Å². The Morgan fingerprint density at radius 1 is 1.17 bits per heavy atom. The molecule has 1 atom stereocenters. The minimum Gasteiger partial charge on any atom is -0.469 e. The van der Waals surface area contributed by atoms with Crippen molar-refractivity contribution >= 4 is 0 Å². The second-order valence-electron chi connectivity index (χ2n) is 4.77. The monoisotopic (exact) mass is 244 g/mol. The summed E-state index contributed by atoms with van der Waals surface area (Å²) >= 11 is 0. The van der Waals surface area contributed by atoms with Crippen LogP contribution in [0.3, 0.4) is 0 Å². The maximum absolute atomic E-state index is 5.66. The van der Waals surface area contributed by atoms with Crippen molar-refractivity contribution in [3.8, 4) is 0 Å². The lowest BCUT2D eigenvalue weighted by atomic mass is 9.97. The molecular weight excluding hydrogens is 224 g/mol. The smallest absolute Gasteiger partial charge is 0.105 e. The molecule has 1 heterocycles. The lowest BCUT2D eigenvalue weighted by molar-refractivity contribution is 0.502. The minimum atomic E-state index is 0.0888. The second-order valence-corrected chi connectivity index (χ2v) is 4.77. The summed E-state index contributed by atoms with van der Waals surface area (Å²) in [5.41, 5.74) is 7.90. The zero-order valence-corrected chi connectivity index (χ0v) is 11.2. The van der Waals surface area contributed by atoms with E-state index in [1.807, 2.05) is 13.0 Å². The summed E-state index contributed by atoms with van der Waals surface area (Å²) in [6.45, 7) is 6.21. The SMILES string of the molecule is Cc1ccc(CC(NN)c2ccoc2C)cc1C. The van der Waals surface area contributed by atoms with Gasteiger partial charge in [0.2, 0.25) is 0 Å². The third-order valence-corrected chi connectivity index (χ3v) is 3.49. The lowest BCUT2D eigenvalue weighted by Crippen LogP contribution is -2.29. The van der Waals surface area contributed by atoms with Crippen LogP contribution in [0.1, 0.15) is 34.1 Å². The summed E-state index contributed by atoms with van der Waals surface area (Å²) in [7, 11) is 0. The molecule has 1 aromatic heterocycles. The van der Waals surface area contributed by atoms with Gasteiger partial charge in [-0.3, -0.25) is 11.3 Å². The van der Waals surface area contributed by atoms with Gasteiger partial charge in [-0.05, 0) is 49.9 Å². The Morgan fingerprint density at radius 3 is 2.50 bits per heavy atom. The van der Waals surface area contributed by atoms with Crippen LogP contribution in [0.4, 0.5) is 0 Å². The number of nitrogens with two attached hydrogens (primary N) is 1. The zero-order valence-electron chi connectivity index (χ0n) is 11.2. The zero-order chi connectivity index (χ0) is 13.1. The largest absolute Gasteiger partial charge is 0.469 e. The number of furan rings is 1. The molecule has 0 fully saturated rings. The predicted octanol–water partition coefficient (Wildman–Crippen LogP) is 2.95. The molecule has 0 aliphatic rings. The molecule has 1 unspecified atom stereocenters. The van der Waals surface area contributed by atoms with E-state index in [1.54, 1.807) is 6.26 Å². The van der Waals surface area contributed by atoms with Crippen molar-refractivity contribution in [2.75, 3.05) is 0 Å². The fourth-order valence-electron chi connectivity index (χ4n) is 2.18. The van der Waals surface area contributed by atoms with Gasteiger partial charge in [0.05, 0.1) is 12.3 Å². The normalized spacial score (nSPS) is 12.7. The number of benzene rings is 1. The maximum Gasteiger partial charge on any atom is 0.105 e. The number of hydrogen-bond acceptors (Lipinski definition) is 3. The molecule has 0 saturated heterocycles. The molecule has 2 aromatic rings. The van der Waals surface area contributed by atoms with Crippen LogP contribution < -0.4 is 11.3 Å². The van der Waals surface area contributed by atoms with Gasteiger partial charge in [0.25, 0.3) is 0 Å². The van der Waals surface area contributed by atoms with Crippen LogP contribution in [0.25, 0.3) is 0 Å². The third-order valence-electron chi connectivity index (χ3n) is 3.49. The molecule has 0 aliphatic carbocycles. The first-order valence-electron chi connectivity index (χ1n) is 6.18. The summed E-state index contributed by atoms with van der Waals surface area (Å²) < 4.78 is 5.33. The first-order valence-corrected chi connectivity index (χ1v) is 6.18. The molecule has 0 radical (unpaired) electrons. The summed E-state index contributed by atoms with van der Waals surface area (Å²) in [5, 5.41) is 0. The Bertz CT molecular complexity index is 531. The van der Waals surface area contributed by atoms with E-state index in [9.17, 15) is 0 Å². The van der Waals surface area contributed by atoms with Gasteiger partial charge in [0, 0.05) is 5.56 Å². The molecule has 2 rings (SSSR count). The van der Waals surface area contributed by atoms with E-state index in [0.29, 0.717) is 0 Å². The van der Waals surface area contributed by atoms with E-state index in [-0.39, 0.29) is 6.04 Å². The average molecular weight is 244 g/mol. The molecule has 3 nitrogen and oxygen atoms in total. The molecule has 96 valence electrons. The highest BCUT2D eigenvalue weighted by Gasteiger charge is 2.15. The summed E-state index contributed by atoms with van der Waals surface area (Å²) in [6, 6.07) is 8.59. The first kappa shape index (κ1) is 12.9. The molecule has 0 saturated carbocycles. The first-order chi connectivity index (χ1) is 8.61. The average Bonchev–Trinajstić information content (AvgIpc) is 2.77. The number of hydrogen-bond donors (Lipinski definition) is 2. The van der Waals surface area contributed by atoms with Gasteiger partial charge >= 0.3 is 0 Å². The summed E-state index contributed by atoms with van der Waals surface area (Å²) in [5.74, 6) is 6.58. The van der Waals surface area contributed by atoms with Crippen molar-refractivity contribution in [2.24, 2.45) is 5.84 Å². The number of nitrogens with one attached hydrogen (secondary N) is 1. The van der Waals surface area contributed by atoms with Gasteiger partial charge in [-0.25, -0.2) is 0 Å². The second kappa shape index (κ2) is 5.38. The van der Waals surface area contributed by atoms with Gasteiger partial charge < -0.3 is 4.42 Å². The number of rotatable bonds is 4. The fraction of sp³-hybridized carbons (Fsp3) is 0.333. The van der Waals surface area contributed by atoms with Crippen molar-refractivity contribution < 1.29 is 4.42 Å². The molecular formula is C15H20N2O. The van der Waals surface area contributed by atoms with Crippen LogP contribution in [0, 0.1) is 20.8 Å². The van der Waals surface area contributed by atoms with Gasteiger partial charge in [0.1, 0.15) is 5.76 Å². The van der Waals surface area contributed by atoms with Crippen LogP contribution >= 0.6 is 0 Å². The number of hydrazine groups is 1. The Hall–Kier alpha value is -1.58. The van der Waals surface area contributed by atoms with Crippen LogP contribution in [-0.4, -0.2) is 0 Å².